The van der Waals surface area contributed by atoms with Gasteiger partial charge >= 0.3 is 0 Å². The number of rotatable bonds is 4. The lowest BCUT2D eigenvalue weighted by Gasteiger charge is -2.06. The van der Waals surface area contributed by atoms with Crippen LogP contribution in [0.15, 0.2) is 46.2 Å². The van der Waals surface area contributed by atoms with E-state index in [0.717, 1.165) is 0 Å². The molecule has 0 saturated carbocycles. The van der Waals surface area contributed by atoms with Gasteiger partial charge in [-0.3, -0.25) is 10.1 Å². The standard InChI is InChI=1S/C12H9BrN4O4/c13-7-3-8(17(19)20)5-10(4-7)21-9-1-2-11(15-6-9)12(14)16-18/h1-6,18H,(H2,14,16). The van der Waals surface area contributed by atoms with E-state index in [1.807, 2.05) is 0 Å². The number of oxime groups is 1. The Morgan fingerprint density at radius 1 is 1.38 bits per heavy atom. The molecule has 0 spiro atoms. The largest absolute Gasteiger partial charge is 0.455 e. The van der Waals surface area contributed by atoms with Crippen molar-refractivity contribution in [2.24, 2.45) is 10.9 Å². The van der Waals surface area contributed by atoms with E-state index in [2.05, 4.69) is 26.1 Å². The minimum atomic E-state index is -0.516. The van der Waals surface area contributed by atoms with Crippen molar-refractivity contribution in [1.82, 2.24) is 4.98 Å². The van der Waals surface area contributed by atoms with Crippen LogP contribution in [0, 0.1) is 10.1 Å². The van der Waals surface area contributed by atoms with Gasteiger partial charge in [0.1, 0.15) is 17.2 Å². The van der Waals surface area contributed by atoms with Crippen molar-refractivity contribution in [2.75, 3.05) is 0 Å². The van der Waals surface area contributed by atoms with Gasteiger partial charge in [-0.25, -0.2) is 4.98 Å². The highest BCUT2D eigenvalue weighted by Gasteiger charge is 2.10. The van der Waals surface area contributed by atoms with Crippen LogP contribution in [0.2, 0.25) is 0 Å². The Morgan fingerprint density at radius 3 is 2.71 bits per heavy atom. The average molecular weight is 353 g/mol. The van der Waals surface area contributed by atoms with Crippen LogP contribution in [0.1, 0.15) is 5.69 Å². The SMILES string of the molecule is N/C(=N/O)c1ccc(Oc2cc(Br)cc([N+](=O)[O-])c2)cn1. The van der Waals surface area contributed by atoms with E-state index in [0.29, 0.717) is 10.2 Å². The lowest BCUT2D eigenvalue weighted by atomic mass is 10.3. The highest BCUT2D eigenvalue weighted by Crippen LogP contribution is 2.29. The number of amidine groups is 1. The third-order valence-corrected chi connectivity index (χ3v) is 2.87. The Hall–Kier alpha value is -2.68. The Balaban J connectivity index is 2.24. The number of nitrogens with zero attached hydrogens (tertiary/aromatic N) is 3. The van der Waals surface area contributed by atoms with Gasteiger partial charge in [0, 0.05) is 10.5 Å². The Labute approximate surface area is 127 Å². The Kier molecular flexibility index (Phi) is 4.33. The molecule has 0 atom stereocenters. The summed E-state index contributed by atoms with van der Waals surface area (Å²) in [5, 5.41) is 22.1. The van der Waals surface area contributed by atoms with Gasteiger partial charge in [0.05, 0.1) is 17.2 Å². The topological polar surface area (TPSA) is 124 Å². The van der Waals surface area contributed by atoms with Crippen LogP contribution in [0.4, 0.5) is 5.69 Å². The molecule has 0 aliphatic carbocycles. The van der Waals surface area contributed by atoms with Gasteiger partial charge in [-0.1, -0.05) is 21.1 Å². The van der Waals surface area contributed by atoms with Crippen molar-refractivity contribution < 1.29 is 14.9 Å². The molecular weight excluding hydrogens is 344 g/mol. The normalized spacial score (nSPS) is 11.2. The highest BCUT2D eigenvalue weighted by atomic mass is 79.9. The summed E-state index contributed by atoms with van der Waals surface area (Å²) in [6, 6.07) is 7.29. The molecule has 2 rings (SSSR count). The monoisotopic (exact) mass is 352 g/mol. The number of nitrogens with two attached hydrogens (primary N) is 1. The molecule has 3 N–H and O–H groups in total. The minimum absolute atomic E-state index is 0.0967. The molecule has 0 aliphatic heterocycles. The average Bonchev–Trinajstić information content (AvgIpc) is 2.46. The van der Waals surface area contributed by atoms with Crippen molar-refractivity contribution >= 4 is 27.5 Å². The van der Waals surface area contributed by atoms with Crippen LogP contribution >= 0.6 is 15.9 Å². The van der Waals surface area contributed by atoms with E-state index in [9.17, 15) is 10.1 Å². The fourth-order valence-electron chi connectivity index (χ4n) is 1.49. The second-order valence-electron chi connectivity index (χ2n) is 3.87. The Bertz CT molecular complexity index is 703. The summed E-state index contributed by atoms with van der Waals surface area (Å²) in [6.45, 7) is 0. The van der Waals surface area contributed by atoms with Gasteiger partial charge in [0.25, 0.3) is 5.69 Å². The molecule has 0 bridgehead atoms. The third kappa shape index (κ3) is 3.66. The van der Waals surface area contributed by atoms with E-state index in [1.165, 1.54) is 24.4 Å². The first-order valence-corrected chi connectivity index (χ1v) is 6.35. The van der Waals surface area contributed by atoms with Gasteiger partial charge in [-0.05, 0) is 18.2 Å². The van der Waals surface area contributed by atoms with Crippen molar-refractivity contribution in [1.29, 1.82) is 0 Å². The van der Waals surface area contributed by atoms with Gasteiger partial charge < -0.3 is 15.7 Å². The molecule has 0 unspecified atom stereocenters. The van der Waals surface area contributed by atoms with Gasteiger partial charge in [0.2, 0.25) is 0 Å². The number of hydrogen-bond donors (Lipinski definition) is 2. The molecule has 2 aromatic rings. The van der Waals surface area contributed by atoms with E-state index >= 15 is 0 Å². The summed E-state index contributed by atoms with van der Waals surface area (Å²) in [4.78, 5) is 14.2. The summed E-state index contributed by atoms with van der Waals surface area (Å²) in [7, 11) is 0. The second-order valence-corrected chi connectivity index (χ2v) is 4.78. The molecule has 1 aromatic heterocycles. The van der Waals surface area contributed by atoms with Crippen LogP contribution in [-0.2, 0) is 0 Å². The molecule has 1 heterocycles. The van der Waals surface area contributed by atoms with Crippen molar-refractivity contribution in [3.8, 4) is 11.5 Å². The smallest absolute Gasteiger partial charge is 0.274 e. The van der Waals surface area contributed by atoms with Crippen molar-refractivity contribution in [2.45, 2.75) is 0 Å². The first-order chi connectivity index (χ1) is 9.99. The fraction of sp³-hybridized carbons (Fsp3) is 0. The van der Waals surface area contributed by atoms with E-state index in [-0.39, 0.29) is 23.0 Å². The number of aromatic nitrogens is 1. The van der Waals surface area contributed by atoms with Crippen molar-refractivity contribution in [3.63, 3.8) is 0 Å². The molecule has 0 aliphatic rings. The maximum Gasteiger partial charge on any atom is 0.274 e. The van der Waals surface area contributed by atoms with Crippen LogP contribution in [0.3, 0.4) is 0 Å². The number of nitro benzene ring substituents is 1. The van der Waals surface area contributed by atoms with E-state index in [4.69, 9.17) is 15.7 Å². The van der Waals surface area contributed by atoms with E-state index in [1.54, 1.807) is 12.1 Å². The van der Waals surface area contributed by atoms with Crippen LogP contribution < -0.4 is 10.5 Å². The summed E-state index contributed by atoms with van der Waals surface area (Å²) >= 11 is 3.17. The third-order valence-electron chi connectivity index (χ3n) is 2.41. The van der Waals surface area contributed by atoms with Gasteiger partial charge in [-0.2, -0.15) is 0 Å². The predicted octanol–water partition coefficient (Wildman–Crippen LogP) is 2.64. The van der Waals surface area contributed by atoms with Crippen LogP contribution in [0.25, 0.3) is 0 Å². The molecule has 0 amide bonds. The Morgan fingerprint density at radius 2 is 2.14 bits per heavy atom. The lowest BCUT2D eigenvalue weighted by Crippen LogP contribution is -2.14. The fourth-order valence-corrected chi connectivity index (χ4v) is 1.95. The number of benzene rings is 1. The van der Waals surface area contributed by atoms with Gasteiger partial charge in [-0.15, -0.1) is 0 Å². The lowest BCUT2D eigenvalue weighted by molar-refractivity contribution is -0.385. The molecule has 21 heavy (non-hydrogen) atoms. The summed E-state index contributed by atoms with van der Waals surface area (Å²) in [5.41, 5.74) is 5.57. The number of non-ortho nitro benzene ring substituents is 1. The van der Waals surface area contributed by atoms with Gasteiger partial charge in [0.15, 0.2) is 5.84 Å². The number of hydrogen-bond acceptors (Lipinski definition) is 6. The molecule has 0 saturated heterocycles. The zero-order chi connectivity index (χ0) is 15.4. The minimum Gasteiger partial charge on any atom is -0.455 e. The summed E-state index contributed by atoms with van der Waals surface area (Å²) in [6.07, 6.45) is 1.36. The quantitative estimate of drug-likeness (QED) is 0.286. The zero-order valence-corrected chi connectivity index (χ0v) is 12.0. The predicted molar refractivity (Wildman–Crippen MR) is 77.6 cm³/mol. The molecular formula is C12H9BrN4O4. The summed E-state index contributed by atoms with van der Waals surface area (Å²) in [5.74, 6) is 0.519. The highest BCUT2D eigenvalue weighted by molar-refractivity contribution is 9.10. The molecule has 8 nitrogen and oxygen atoms in total. The molecule has 108 valence electrons. The van der Waals surface area contributed by atoms with Crippen LogP contribution in [-0.4, -0.2) is 21.0 Å². The number of nitro groups is 1. The van der Waals surface area contributed by atoms with Crippen molar-refractivity contribution in [3.05, 3.63) is 56.8 Å². The molecule has 0 radical (unpaired) electrons. The first-order valence-electron chi connectivity index (χ1n) is 5.56. The summed E-state index contributed by atoms with van der Waals surface area (Å²) < 4.78 is 6.00. The first kappa shape index (κ1) is 14.7. The molecule has 9 heteroatoms. The second kappa shape index (κ2) is 6.18. The maximum absolute atomic E-state index is 10.8. The molecule has 1 aromatic carbocycles. The molecule has 0 fully saturated rings. The number of ether oxygens (including phenoxy) is 1. The number of pyridine rings is 1. The maximum atomic E-state index is 10.8. The van der Waals surface area contributed by atoms with Crippen LogP contribution in [0.5, 0.6) is 11.5 Å². The zero-order valence-electron chi connectivity index (χ0n) is 10.4. The number of halogens is 1. The van der Waals surface area contributed by atoms with E-state index < -0.39 is 4.92 Å².